The predicted molar refractivity (Wildman–Crippen MR) is 78.7 cm³/mol. The van der Waals surface area contributed by atoms with Crippen molar-refractivity contribution in [1.82, 2.24) is 0 Å². The Morgan fingerprint density at radius 2 is 2.10 bits per heavy atom. The molecule has 5 heteroatoms. The van der Waals surface area contributed by atoms with E-state index in [2.05, 4.69) is 21.2 Å². The topological polar surface area (TPSA) is 41.5 Å². The zero-order valence-corrected chi connectivity index (χ0v) is 12.2. The normalized spacial score (nSPS) is 17.2. The molecular formula is C15H13BrFNO2. The van der Waals surface area contributed by atoms with Gasteiger partial charge in [0.25, 0.3) is 0 Å². The van der Waals surface area contributed by atoms with E-state index >= 15 is 0 Å². The van der Waals surface area contributed by atoms with Crippen LogP contribution in [0, 0.1) is 5.82 Å². The molecule has 0 bridgehead atoms. The number of ether oxygens (including phenoxy) is 1. The minimum Gasteiger partial charge on any atom is -0.505 e. The number of rotatable bonds is 2. The predicted octanol–water partition coefficient (Wildman–Crippen LogP) is 4.23. The highest BCUT2D eigenvalue weighted by molar-refractivity contribution is 9.10. The molecule has 2 aromatic carbocycles. The van der Waals surface area contributed by atoms with Crippen LogP contribution in [0.3, 0.4) is 0 Å². The number of phenols is 1. The van der Waals surface area contributed by atoms with E-state index in [-0.39, 0.29) is 11.8 Å². The Bertz CT molecular complexity index is 648. The number of hydrogen-bond acceptors (Lipinski definition) is 3. The molecule has 1 unspecified atom stereocenters. The van der Waals surface area contributed by atoms with Crippen LogP contribution in [0.1, 0.15) is 18.0 Å². The van der Waals surface area contributed by atoms with Crippen LogP contribution in [0.5, 0.6) is 11.5 Å². The standard InChI is InChI=1S/C15H13BrFNO2/c16-9-1-4-15-11(7-9)13(5-6-20-15)18-10-2-3-14(19)12(17)8-10/h1-4,7-8,13,18-19H,5-6H2. The van der Waals surface area contributed by atoms with Crippen molar-refractivity contribution in [3.63, 3.8) is 0 Å². The smallest absolute Gasteiger partial charge is 0.166 e. The van der Waals surface area contributed by atoms with Crippen LogP contribution in [-0.4, -0.2) is 11.7 Å². The van der Waals surface area contributed by atoms with E-state index in [9.17, 15) is 9.50 Å². The van der Waals surface area contributed by atoms with E-state index in [0.717, 1.165) is 22.2 Å². The number of nitrogens with one attached hydrogen (secondary N) is 1. The zero-order valence-electron chi connectivity index (χ0n) is 10.6. The molecule has 0 aliphatic carbocycles. The summed E-state index contributed by atoms with van der Waals surface area (Å²) in [7, 11) is 0. The van der Waals surface area contributed by atoms with Crippen molar-refractivity contribution in [2.45, 2.75) is 12.5 Å². The fourth-order valence-corrected chi connectivity index (χ4v) is 2.69. The van der Waals surface area contributed by atoms with Gasteiger partial charge in [0.15, 0.2) is 11.6 Å². The average molecular weight is 338 g/mol. The molecule has 2 aromatic rings. The first-order valence-electron chi connectivity index (χ1n) is 6.31. The lowest BCUT2D eigenvalue weighted by Crippen LogP contribution is -2.20. The Hall–Kier alpha value is -1.75. The van der Waals surface area contributed by atoms with Gasteiger partial charge in [0, 0.05) is 28.2 Å². The summed E-state index contributed by atoms with van der Waals surface area (Å²) in [6.45, 7) is 0.618. The van der Waals surface area contributed by atoms with Gasteiger partial charge in [0.1, 0.15) is 5.75 Å². The number of anilines is 1. The summed E-state index contributed by atoms with van der Waals surface area (Å²) in [5, 5.41) is 12.5. The summed E-state index contributed by atoms with van der Waals surface area (Å²) in [4.78, 5) is 0. The molecule has 0 radical (unpaired) electrons. The highest BCUT2D eigenvalue weighted by Gasteiger charge is 2.21. The van der Waals surface area contributed by atoms with Crippen molar-refractivity contribution in [1.29, 1.82) is 0 Å². The lowest BCUT2D eigenvalue weighted by atomic mass is 10.0. The molecule has 0 saturated heterocycles. The fourth-order valence-electron chi connectivity index (χ4n) is 2.31. The van der Waals surface area contributed by atoms with Gasteiger partial charge in [-0.3, -0.25) is 0 Å². The molecule has 3 rings (SSSR count). The van der Waals surface area contributed by atoms with Gasteiger partial charge in [-0.15, -0.1) is 0 Å². The largest absolute Gasteiger partial charge is 0.505 e. The molecule has 0 spiro atoms. The monoisotopic (exact) mass is 337 g/mol. The summed E-state index contributed by atoms with van der Waals surface area (Å²) in [6.07, 6.45) is 0.798. The van der Waals surface area contributed by atoms with Crippen LogP contribution in [0.4, 0.5) is 10.1 Å². The van der Waals surface area contributed by atoms with Crippen molar-refractivity contribution in [3.05, 3.63) is 52.3 Å². The van der Waals surface area contributed by atoms with E-state index < -0.39 is 5.82 Å². The van der Waals surface area contributed by atoms with Gasteiger partial charge in [-0.2, -0.15) is 0 Å². The van der Waals surface area contributed by atoms with Gasteiger partial charge < -0.3 is 15.2 Å². The molecule has 1 aliphatic rings. The summed E-state index contributed by atoms with van der Waals surface area (Å²) >= 11 is 3.45. The lowest BCUT2D eigenvalue weighted by Gasteiger charge is -2.27. The summed E-state index contributed by atoms with van der Waals surface area (Å²) < 4.78 is 20.0. The van der Waals surface area contributed by atoms with Gasteiger partial charge in [-0.05, 0) is 30.3 Å². The third-order valence-electron chi connectivity index (χ3n) is 3.30. The molecule has 0 aromatic heterocycles. The Morgan fingerprint density at radius 1 is 1.25 bits per heavy atom. The second-order valence-electron chi connectivity index (χ2n) is 4.68. The number of aromatic hydroxyl groups is 1. The maximum Gasteiger partial charge on any atom is 0.166 e. The molecule has 0 saturated carbocycles. The van der Waals surface area contributed by atoms with Gasteiger partial charge in [0.05, 0.1) is 12.6 Å². The molecule has 0 amide bonds. The van der Waals surface area contributed by atoms with Gasteiger partial charge in [-0.1, -0.05) is 15.9 Å². The highest BCUT2D eigenvalue weighted by Crippen LogP contribution is 2.36. The second-order valence-corrected chi connectivity index (χ2v) is 5.60. The van der Waals surface area contributed by atoms with E-state index in [1.807, 2.05) is 18.2 Å². The minimum atomic E-state index is -0.628. The van der Waals surface area contributed by atoms with E-state index in [1.165, 1.54) is 12.1 Å². The van der Waals surface area contributed by atoms with Crippen molar-refractivity contribution in [2.24, 2.45) is 0 Å². The van der Waals surface area contributed by atoms with Gasteiger partial charge in [0.2, 0.25) is 0 Å². The number of benzene rings is 2. The Balaban J connectivity index is 1.89. The van der Waals surface area contributed by atoms with Crippen LogP contribution in [0.25, 0.3) is 0 Å². The number of fused-ring (bicyclic) bond motifs is 1. The number of phenolic OH excluding ortho intramolecular Hbond substituents is 1. The van der Waals surface area contributed by atoms with Crippen molar-refractivity contribution >= 4 is 21.6 Å². The molecule has 0 fully saturated rings. The molecule has 1 atom stereocenters. The van der Waals surface area contributed by atoms with E-state index in [1.54, 1.807) is 6.07 Å². The molecule has 1 aliphatic heterocycles. The number of hydrogen-bond donors (Lipinski definition) is 2. The summed E-state index contributed by atoms with van der Waals surface area (Å²) in [5.41, 5.74) is 1.68. The fraction of sp³-hybridized carbons (Fsp3) is 0.200. The second kappa shape index (κ2) is 5.32. The molecule has 2 N–H and O–H groups in total. The Kier molecular flexibility index (Phi) is 3.53. The summed E-state index contributed by atoms with van der Waals surface area (Å²) in [6, 6.07) is 10.2. The highest BCUT2D eigenvalue weighted by atomic mass is 79.9. The van der Waals surface area contributed by atoms with Gasteiger partial charge in [-0.25, -0.2) is 4.39 Å². The maximum absolute atomic E-state index is 13.4. The SMILES string of the molecule is Oc1ccc(NC2CCOc3ccc(Br)cc32)cc1F. The van der Waals surface area contributed by atoms with Crippen LogP contribution < -0.4 is 10.1 Å². The van der Waals surface area contributed by atoms with E-state index in [0.29, 0.717) is 12.3 Å². The quantitative estimate of drug-likeness (QED) is 0.806. The third-order valence-corrected chi connectivity index (χ3v) is 3.79. The molecule has 1 heterocycles. The van der Waals surface area contributed by atoms with Crippen LogP contribution in [0.2, 0.25) is 0 Å². The number of halogens is 2. The van der Waals surface area contributed by atoms with Gasteiger partial charge >= 0.3 is 0 Å². The summed E-state index contributed by atoms with van der Waals surface area (Å²) in [5.74, 6) is -0.126. The first kappa shape index (κ1) is 13.2. The minimum absolute atomic E-state index is 0.0557. The lowest BCUT2D eigenvalue weighted by molar-refractivity contribution is 0.274. The van der Waals surface area contributed by atoms with Crippen molar-refractivity contribution < 1.29 is 14.2 Å². The van der Waals surface area contributed by atoms with Crippen molar-refractivity contribution in [3.8, 4) is 11.5 Å². The Labute approximate surface area is 124 Å². The molecule has 104 valence electrons. The molecule has 3 nitrogen and oxygen atoms in total. The third kappa shape index (κ3) is 2.58. The van der Waals surface area contributed by atoms with Crippen LogP contribution >= 0.6 is 15.9 Å². The Morgan fingerprint density at radius 3 is 2.90 bits per heavy atom. The van der Waals surface area contributed by atoms with E-state index in [4.69, 9.17) is 4.74 Å². The molecular weight excluding hydrogens is 325 g/mol. The van der Waals surface area contributed by atoms with Crippen molar-refractivity contribution in [2.75, 3.05) is 11.9 Å². The maximum atomic E-state index is 13.4. The zero-order chi connectivity index (χ0) is 14.1. The first-order valence-corrected chi connectivity index (χ1v) is 7.10. The first-order chi connectivity index (χ1) is 9.63. The van der Waals surface area contributed by atoms with Crippen LogP contribution in [-0.2, 0) is 0 Å². The molecule has 20 heavy (non-hydrogen) atoms. The average Bonchev–Trinajstić information content (AvgIpc) is 2.44. The van der Waals surface area contributed by atoms with Crippen LogP contribution in [0.15, 0.2) is 40.9 Å².